The molecule has 0 bridgehead atoms. The van der Waals surface area contributed by atoms with Gasteiger partial charge in [-0.1, -0.05) is 53.5 Å². The van der Waals surface area contributed by atoms with E-state index < -0.39 is 0 Å². The van der Waals surface area contributed by atoms with Crippen molar-refractivity contribution in [2.45, 2.75) is 33.2 Å². The fourth-order valence-electron chi connectivity index (χ4n) is 4.28. The SMILES string of the molecule is Cc1nc2scc(CC(=O)N[C@@H](C)c3ccccc3)n2c(=O)c1-c1cc(C)n(-c2ccc(Cl)c(Cl)c2)n1. The van der Waals surface area contributed by atoms with Crippen LogP contribution in [0.25, 0.3) is 21.9 Å². The molecule has 3 aromatic heterocycles. The maximum atomic E-state index is 13.7. The number of halogens is 2. The largest absolute Gasteiger partial charge is 0.349 e. The number of hydrogen-bond donors (Lipinski definition) is 1. The van der Waals surface area contributed by atoms with Crippen molar-refractivity contribution >= 4 is 45.4 Å². The van der Waals surface area contributed by atoms with Gasteiger partial charge in [0.1, 0.15) is 5.69 Å². The van der Waals surface area contributed by atoms with Crippen molar-refractivity contribution in [1.29, 1.82) is 0 Å². The van der Waals surface area contributed by atoms with Crippen molar-refractivity contribution in [1.82, 2.24) is 24.5 Å². The van der Waals surface area contributed by atoms with Crippen molar-refractivity contribution in [3.63, 3.8) is 0 Å². The molecule has 5 rings (SSSR count). The molecule has 5 aromatic rings. The van der Waals surface area contributed by atoms with Gasteiger partial charge >= 0.3 is 0 Å². The van der Waals surface area contributed by atoms with Crippen LogP contribution in [0.1, 0.15) is 35.6 Å². The molecule has 3 heterocycles. The second-order valence-corrected chi connectivity index (χ2v) is 10.4. The van der Waals surface area contributed by atoms with Crippen LogP contribution in [0.4, 0.5) is 0 Å². The zero-order valence-electron chi connectivity index (χ0n) is 20.3. The molecule has 0 radical (unpaired) electrons. The van der Waals surface area contributed by atoms with Crippen LogP contribution in [0, 0.1) is 13.8 Å². The fraction of sp³-hybridized carbons (Fsp3) is 0.185. The lowest BCUT2D eigenvalue weighted by atomic mass is 10.1. The highest BCUT2D eigenvalue weighted by molar-refractivity contribution is 7.15. The third-order valence-corrected chi connectivity index (χ3v) is 7.74. The maximum Gasteiger partial charge on any atom is 0.268 e. The molecule has 0 unspecified atom stereocenters. The number of fused-ring (bicyclic) bond motifs is 1. The van der Waals surface area contributed by atoms with Gasteiger partial charge in [-0.05, 0) is 50.6 Å². The molecule has 0 saturated heterocycles. The summed E-state index contributed by atoms with van der Waals surface area (Å²) < 4.78 is 3.21. The van der Waals surface area contributed by atoms with Gasteiger partial charge in [-0.15, -0.1) is 11.3 Å². The second-order valence-electron chi connectivity index (χ2n) is 8.78. The molecule has 0 saturated carbocycles. The van der Waals surface area contributed by atoms with E-state index in [2.05, 4.69) is 15.4 Å². The van der Waals surface area contributed by atoms with Gasteiger partial charge in [0, 0.05) is 16.8 Å². The number of carbonyl (C=O) groups is 1. The van der Waals surface area contributed by atoms with Crippen LogP contribution in [-0.2, 0) is 11.2 Å². The lowest BCUT2D eigenvalue weighted by molar-refractivity contribution is -0.121. The molecule has 1 amide bonds. The molecule has 0 spiro atoms. The molecular weight excluding hydrogens is 529 g/mol. The summed E-state index contributed by atoms with van der Waals surface area (Å²) in [6.07, 6.45) is 0.0536. The Morgan fingerprint density at radius 3 is 2.57 bits per heavy atom. The van der Waals surface area contributed by atoms with Crippen molar-refractivity contribution in [3.05, 3.63) is 103 Å². The predicted octanol–water partition coefficient (Wildman–Crippen LogP) is 5.95. The normalized spacial score (nSPS) is 12.1. The first-order valence-electron chi connectivity index (χ1n) is 11.6. The van der Waals surface area contributed by atoms with Gasteiger partial charge < -0.3 is 5.32 Å². The quantitative estimate of drug-likeness (QED) is 0.282. The van der Waals surface area contributed by atoms with Gasteiger partial charge in [-0.25, -0.2) is 9.67 Å². The summed E-state index contributed by atoms with van der Waals surface area (Å²) in [7, 11) is 0. The van der Waals surface area contributed by atoms with E-state index in [1.807, 2.05) is 56.3 Å². The lowest BCUT2D eigenvalue weighted by Gasteiger charge is -2.14. The van der Waals surface area contributed by atoms with E-state index in [9.17, 15) is 9.59 Å². The Hall–Kier alpha value is -3.46. The van der Waals surface area contributed by atoms with E-state index in [0.717, 1.165) is 16.9 Å². The number of carbonyl (C=O) groups excluding carboxylic acids is 1. The molecule has 10 heteroatoms. The summed E-state index contributed by atoms with van der Waals surface area (Å²) >= 11 is 13.6. The molecule has 7 nitrogen and oxygen atoms in total. The van der Waals surface area contributed by atoms with Crippen molar-refractivity contribution < 1.29 is 4.79 Å². The Morgan fingerprint density at radius 1 is 1.08 bits per heavy atom. The van der Waals surface area contributed by atoms with E-state index >= 15 is 0 Å². The number of benzene rings is 2. The van der Waals surface area contributed by atoms with Gasteiger partial charge in [0.05, 0.1) is 39.5 Å². The summed E-state index contributed by atoms with van der Waals surface area (Å²) in [6.45, 7) is 5.62. The molecule has 1 N–H and O–H groups in total. The molecule has 37 heavy (non-hydrogen) atoms. The van der Waals surface area contributed by atoms with Gasteiger partial charge in [0.15, 0.2) is 4.96 Å². The van der Waals surface area contributed by atoms with Gasteiger partial charge in [0.25, 0.3) is 5.56 Å². The first-order chi connectivity index (χ1) is 17.7. The number of nitrogens with one attached hydrogen (secondary N) is 1. The molecule has 0 aliphatic heterocycles. The highest BCUT2D eigenvalue weighted by Gasteiger charge is 2.21. The minimum Gasteiger partial charge on any atom is -0.349 e. The number of aromatic nitrogens is 4. The Kier molecular flexibility index (Phi) is 6.90. The van der Waals surface area contributed by atoms with E-state index in [4.69, 9.17) is 23.2 Å². The third-order valence-electron chi connectivity index (χ3n) is 6.13. The Labute approximate surface area is 227 Å². The Morgan fingerprint density at radius 2 is 1.84 bits per heavy atom. The van der Waals surface area contributed by atoms with Gasteiger partial charge in [-0.3, -0.25) is 14.0 Å². The summed E-state index contributed by atoms with van der Waals surface area (Å²) in [5.41, 5.74) is 4.32. The van der Waals surface area contributed by atoms with Crippen LogP contribution in [0.3, 0.4) is 0 Å². The summed E-state index contributed by atoms with van der Waals surface area (Å²) in [4.78, 5) is 31.8. The first kappa shape index (κ1) is 25.2. The van der Waals surface area contributed by atoms with Crippen molar-refractivity contribution in [2.75, 3.05) is 0 Å². The first-order valence-corrected chi connectivity index (χ1v) is 13.2. The van der Waals surface area contributed by atoms with Crippen LogP contribution >= 0.6 is 34.5 Å². The lowest BCUT2D eigenvalue weighted by Crippen LogP contribution is -2.29. The predicted molar refractivity (Wildman–Crippen MR) is 148 cm³/mol. The van der Waals surface area contributed by atoms with Crippen molar-refractivity contribution in [3.8, 4) is 16.9 Å². The molecule has 1 atom stereocenters. The molecule has 0 aliphatic carbocycles. The van der Waals surface area contributed by atoms with Gasteiger partial charge in [-0.2, -0.15) is 5.10 Å². The molecule has 0 aliphatic rings. The average Bonchev–Trinajstić information content (AvgIpc) is 3.44. The van der Waals surface area contributed by atoms with Gasteiger partial charge in [0.2, 0.25) is 5.91 Å². The maximum absolute atomic E-state index is 13.7. The van der Waals surface area contributed by atoms with E-state index in [-0.39, 0.29) is 23.9 Å². The minimum atomic E-state index is -0.263. The molecule has 188 valence electrons. The summed E-state index contributed by atoms with van der Waals surface area (Å²) in [5.74, 6) is -0.176. The average molecular weight is 552 g/mol. The van der Waals surface area contributed by atoms with Crippen LogP contribution in [0.2, 0.25) is 10.0 Å². The standard InChI is InChI=1S/C27H23Cl2N5O2S/c1-15-11-23(32-34(15)19-9-10-21(28)22(29)12-19)25-17(3)31-27-33(26(25)36)20(14-37-27)13-24(35)30-16(2)18-7-5-4-6-8-18/h4-12,14,16H,13H2,1-3H3,(H,30,35)/t16-/m0/s1. The fourth-order valence-corrected chi connectivity index (χ4v) is 5.50. The number of hydrogen-bond acceptors (Lipinski definition) is 5. The number of nitrogens with zero attached hydrogens (tertiary/aromatic N) is 4. The zero-order chi connectivity index (χ0) is 26.3. The smallest absolute Gasteiger partial charge is 0.268 e. The zero-order valence-corrected chi connectivity index (χ0v) is 22.7. The Balaban J connectivity index is 1.49. The number of thiazole rings is 1. The molecule has 2 aromatic carbocycles. The van der Waals surface area contributed by atoms with E-state index in [1.54, 1.807) is 29.1 Å². The number of rotatable bonds is 6. The van der Waals surface area contributed by atoms with Crippen LogP contribution < -0.4 is 10.9 Å². The third kappa shape index (κ3) is 4.92. The number of amides is 1. The summed E-state index contributed by atoms with van der Waals surface area (Å²) in [6, 6.07) is 16.7. The van der Waals surface area contributed by atoms with Crippen molar-refractivity contribution in [2.24, 2.45) is 0 Å². The monoisotopic (exact) mass is 551 g/mol. The van der Waals surface area contributed by atoms with E-state index in [0.29, 0.717) is 37.7 Å². The number of aryl methyl sites for hydroxylation is 2. The minimum absolute atomic E-state index is 0.0536. The molecule has 0 fully saturated rings. The van der Waals surface area contributed by atoms with Crippen LogP contribution in [0.5, 0.6) is 0 Å². The van der Waals surface area contributed by atoms with Crippen LogP contribution in [-0.4, -0.2) is 25.1 Å². The highest BCUT2D eigenvalue weighted by Crippen LogP contribution is 2.27. The Bertz CT molecular complexity index is 1690. The second kappa shape index (κ2) is 10.1. The highest BCUT2D eigenvalue weighted by atomic mass is 35.5. The molecular formula is C27H23Cl2N5O2S. The van der Waals surface area contributed by atoms with E-state index in [1.165, 1.54) is 15.7 Å². The summed E-state index contributed by atoms with van der Waals surface area (Å²) in [5, 5.41) is 10.4. The topological polar surface area (TPSA) is 81.3 Å². The van der Waals surface area contributed by atoms with Crippen LogP contribution in [0.15, 0.2) is 64.8 Å².